The van der Waals surface area contributed by atoms with Crippen LogP contribution in [0.25, 0.3) is 11.5 Å². The third-order valence-corrected chi connectivity index (χ3v) is 5.92. The Bertz CT molecular complexity index is 1040. The number of carbonyl (C=O) groups excluding carboxylic acids is 2. The minimum atomic E-state index is 0.0252. The molecule has 0 bridgehead atoms. The first-order chi connectivity index (χ1) is 15.6. The summed E-state index contributed by atoms with van der Waals surface area (Å²) in [6.07, 6.45) is 2.51. The predicted molar refractivity (Wildman–Crippen MR) is 123 cm³/mol. The number of nitrogens with zero attached hydrogens (tertiary/aromatic N) is 3. The summed E-state index contributed by atoms with van der Waals surface area (Å²) < 4.78 is 5.77. The Hall–Kier alpha value is -3.41. The van der Waals surface area contributed by atoms with Gasteiger partial charge in [-0.25, -0.2) is 4.98 Å². The summed E-state index contributed by atoms with van der Waals surface area (Å²) in [4.78, 5) is 33.6. The molecule has 2 heterocycles. The predicted octanol–water partition coefficient (Wildman–Crippen LogP) is 3.89. The summed E-state index contributed by atoms with van der Waals surface area (Å²) in [6, 6.07) is 19.9. The van der Waals surface area contributed by atoms with E-state index in [9.17, 15) is 9.59 Å². The van der Waals surface area contributed by atoms with Gasteiger partial charge in [0.25, 0.3) is 0 Å². The Balaban J connectivity index is 1.24. The monoisotopic (exact) mass is 431 g/mol. The lowest BCUT2D eigenvalue weighted by Crippen LogP contribution is -2.51. The molecule has 1 aliphatic rings. The lowest BCUT2D eigenvalue weighted by molar-refractivity contribution is -0.139. The van der Waals surface area contributed by atoms with E-state index in [0.717, 1.165) is 18.4 Å². The van der Waals surface area contributed by atoms with Gasteiger partial charge in [0, 0.05) is 38.2 Å². The highest BCUT2D eigenvalue weighted by molar-refractivity contribution is 5.80. The van der Waals surface area contributed by atoms with Crippen molar-refractivity contribution in [2.45, 2.75) is 32.6 Å². The van der Waals surface area contributed by atoms with Crippen molar-refractivity contribution in [2.24, 2.45) is 0 Å². The highest BCUT2D eigenvalue weighted by Gasteiger charge is 2.25. The first kappa shape index (κ1) is 21.8. The number of aromatic nitrogens is 1. The van der Waals surface area contributed by atoms with Crippen LogP contribution in [-0.2, 0) is 22.4 Å². The summed E-state index contributed by atoms with van der Waals surface area (Å²) in [7, 11) is 0. The standard InChI is InChI=1S/C26H29N3O3/c1-20-23(27-26(32-20)22-12-6-3-7-13-22)19-25(31)29-17-15-28(16-18-29)24(30)14-8-11-21-9-4-2-5-10-21/h2-7,9-10,12-13H,8,11,14-19H2,1H3. The smallest absolute Gasteiger partial charge is 0.228 e. The van der Waals surface area contributed by atoms with Crippen molar-refractivity contribution >= 4 is 11.8 Å². The normalized spacial score (nSPS) is 13.9. The second-order valence-electron chi connectivity index (χ2n) is 8.17. The number of aryl methyl sites for hydroxylation is 2. The molecule has 1 aromatic heterocycles. The Morgan fingerprint density at radius 2 is 1.47 bits per heavy atom. The van der Waals surface area contributed by atoms with Gasteiger partial charge < -0.3 is 14.2 Å². The van der Waals surface area contributed by atoms with Crippen LogP contribution in [0.15, 0.2) is 65.1 Å². The maximum atomic E-state index is 12.8. The Morgan fingerprint density at radius 3 is 2.12 bits per heavy atom. The number of hydrogen-bond donors (Lipinski definition) is 0. The number of carbonyl (C=O) groups is 2. The van der Waals surface area contributed by atoms with Crippen LogP contribution in [0.3, 0.4) is 0 Å². The zero-order chi connectivity index (χ0) is 22.3. The highest BCUT2D eigenvalue weighted by atomic mass is 16.4. The Labute approximate surface area is 188 Å². The van der Waals surface area contributed by atoms with Crippen molar-refractivity contribution in [1.82, 2.24) is 14.8 Å². The fourth-order valence-corrected chi connectivity index (χ4v) is 4.00. The second-order valence-corrected chi connectivity index (χ2v) is 8.17. The minimum Gasteiger partial charge on any atom is -0.441 e. The number of benzene rings is 2. The number of amides is 2. The molecule has 6 nitrogen and oxygen atoms in total. The molecule has 0 atom stereocenters. The van der Waals surface area contributed by atoms with Crippen LogP contribution in [-0.4, -0.2) is 52.8 Å². The van der Waals surface area contributed by atoms with Gasteiger partial charge in [0.1, 0.15) is 5.76 Å². The van der Waals surface area contributed by atoms with Crippen LogP contribution in [0, 0.1) is 6.92 Å². The molecule has 0 spiro atoms. The third-order valence-electron chi connectivity index (χ3n) is 5.92. The molecule has 0 radical (unpaired) electrons. The number of rotatable bonds is 7. The van der Waals surface area contributed by atoms with E-state index >= 15 is 0 Å². The first-order valence-corrected chi connectivity index (χ1v) is 11.2. The highest BCUT2D eigenvalue weighted by Crippen LogP contribution is 2.22. The van der Waals surface area contributed by atoms with Gasteiger partial charge in [0.15, 0.2) is 0 Å². The van der Waals surface area contributed by atoms with Crippen molar-refractivity contribution < 1.29 is 14.0 Å². The lowest BCUT2D eigenvalue weighted by Gasteiger charge is -2.34. The molecule has 0 aliphatic carbocycles. The molecule has 4 rings (SSSR count). The van der Waals surface area contributed by atoms with Crippen LogP contribution in [0.2, 0.25) is 0 Å². The Kier molecular flexibility index (Phi) is 7.00. The molecule has 6 heteroatoms. The van der Waals surface area contributed by atoms with Crippen molar-refractivity contribution in [3.05, 3.63) is 77.7 Å². The molecule has 0 unspecified atom stereocenters. The molecule has 32 heavy (non-hydrogen) atoms. The number of oxazole rings is 1. The molecule has 0 saturated carbocycles. The van der Waals surface area contributed by atoms with Gasteiger partial charge in [0.05, 0.1) is 12.1 Å². The summed E-state index contributed by atoms with van der Waals surface area (Å²) in [5.41, 5.74) is 2.83. The van der Waals surface area contributed by atoms with Crippen molar-refractivity contribution in [1.29, 1.82) is 0 Å². The van der Waals surface area contributed by atoms with E-state index in [-0.39, 0.29) is 18.2 Å². The molecule has 0 N–H and O–H groups in total. The molecule has 1 aliphatic heterocycles. The molecule has 2 aromatic carbocycles. The zero-order valence-corrected chi connectivity index (χ0v) is 18.5. The fraction of sp³-hybridized carbons (Fsp3) is 0.346. The fourth-order valence-electron chi connectivity index (χ4n) is 4.00. The van der Waals surface area contributed by atoms with Crippen LogP contribution >= 0.6 is 0 Å². The summed E-state index contributed by atoms with van der Waals surface area (Å²) >= 11 is 0. The van der Waals surface area contributed by atoms with Gasteiger partial charge in [-0.1, -0.05) is 48.5 Å². The number of hydrogen-bond acceptors (Lipinski definition) is 4. The molecule has 3 aromatic rings. The van der Waals surface area contributed by atoms with E-state index in [0.29, 0.717) is 49.9 Å². The number of piperazine rings is 1. The van der Waals surface area contributed by atoms with E-state index in [1.54, 1.807) is 0 Å². The van der Waals surface area contributed by atoms with Crippen molar-refractivity contribution in [3.8, 4) is 11.5 Å². The summed E-state index contributed by atoms with van der Waals surface area (Å²) in [5, 5.41) is 0. The van der Waals surface area contributed by atoms with Gasteiger partial charge in [-0.05, 0) is 37.5 Å². The maximum absolute atomic E-state index is 12.8. The molecule has 2 amide bonds. The third kappa shape index (κ3) is 5.44. The largest absolute Gasteiger partial charge is 0.441 e. The molecular weight excluding hydrogens is 402 g/mol. The quantitative estimate of drug-likeness (QED) is 0.569. The van der Waals surface area contributed by atoms with E-state index in [1.165, 1.54) is 5.56 Å². The Morgan fingerprint density at radius 1 is 0.875 bits per heavy atom. The first-order valence-electron chi connectivity index (χ1n) is 11.2. The average molecular weight is 432 g/mol. The maximum Gasteiger partial charge on any atom is 0.228 e. The van der Waals surface area contributed by atoms with Gasteiger partial charge >= 0.3 is 0 Å². The van der Waals surface area contributed by atoms with Crippen LogP contribution < -0.4 is 0 Å². The second kappa shape index (κ2) is 10.3. The summed E-state index contributed by atoms with van der Waals surface area (Å²) in [5.74, 6) is 1.41. The van der Waals surface area contributed by atoms with Gasteiger partial charge in [-0.2, -0.15) is 0 Å². The van der Waals surface area contributed by atoms with Crippen molar-refractivity contribution in [3.63, 3.8) is 0 Å². The molecular formula is C26H29N3O3. The molecule has 1 fully saturated rings. The van der Waals surface area contributed by atoms with E-state index in [2.05, 4.69) is 17.1 Å². The van der Waals surface area contributed by atoms with Gasteiger partial charge in [-0.15, -0.1) is 0 Å². The minimum absolute atomic E-state index is 0.0252. The molecule has 166 valence electrons. The van der Waals surface area contributed by atoms with Gasteiger partial charge in [-0.3, -0.25) is 9.59 Å². The average Bonchev–Trinajstić information content (AvgIpc) is 3.20. The van der Waals surface area contributed by atoms with Crippen LogP contribution in [0.1, 0.15) is 29.9 Å². The van der Waals surface area contributed by atoms with E-state index < -0.39 is 0 Å². The van der Waals surface area contributed by atoms with Crippen molar-refractivity contribution in [2.75, 3.05) is 26.2 Å². The van der Waals surface area contributed by atoms with Gasteiger partial charge in [0.2, 0.25) is 17.7 Å². The lowest BCUT2D eigenvalue weighted by atomic mass is 10.1. The van der Waals surface area contributed by atoms with Crippen LogP contribution in [0.5, 0.6) is 0 Å². The topological polar surface area (TPSA) is 66.7 Å². The molecule has 1 saturated heterocycles. The van der Waals surface area contributed by atoms with Crippen LogP contribution in [0.4, 0.5) is 0 Å². The van der Waals surface area contributed by atoms with E-state index in [1.807, 2.05) is 65.3 Å². The van der Waals surface area contributed by atoms with E-state index in [4.69, 9.17) is 4.42 Å². The summed E-state index contributed by atoms with van der Waals surface area (Å²) in [6.45, 7) is 4.14. The SMILES string of the molecule is Cc1oc(-c2ccccc2)nc1CC(=O)N1CCN(C(=O)CCCc2ccccc2)CC1. The zero-order valence-electron chi connectivity index (χ0n) is 18.5.